The molecule has 0 saturated carbocycles. The second kappa shape index (κ2) is 8.04. The van der Waals surface area contributed by atoms with Crippen LogP contribution in [-0.4, -0.2) is 72.9 Å². The van der Waals surface area contributed by atoms with Crippen LogP contribution in [0.1, 0.15) is 34.1 Å². The smallest absolute Gasteiger partial charge is 0.312 e. The van der Waals surface area contributed by atoms with Crippen LogP contribution >= 0.6 is 0 Å². The van der Waals surface area contributed by atoms with Gasteiger partial charge in [0.1, 0.15) is 24.4 Å². The Bertz CT molecular complexity index is 713. The molecule has 0 radical (unpaired) electrons. The summed E-state index contributed by atoms with van der Waals surface area (Å²) in [4.78, 5) is 35.9. The molecule has 162 valence electrons. The molecule has 8 atom stereocenters. The van der Waals surface area contributed by atoms with E-state index in [1.54, 1.807) is 19.9 Å². The Morgan fingerprint density at radius 3 is 2.52 bits per heavy atom. The third-order valence-electron chi connectivity index (χ3n) is 5.71. The number of aliphatic hydroxyl groups is 1. The number of hydrogen-bond acceptors (Lipinski definition) is 9. The van der Waals surface area contributed by atoms with E-state index in [4.69, 9.17) is 23.7 Å². The summed E-state index contributed by atoms with van der Waals surface area (Å²) in [6.07, 6.45) is -1.63. The predicted molar refractivity (Wildman–Crippen MR) is 97.5 cm³/mol. The maximum Gasteiger partial charge on any atom is 0.312 e. The first-order valence-corrected chi connectivity index (χ1v) is 9.65. The molecule has 1 unspecified atom stereocenters. The second-order valence-electron chi connectivity index (χ2n) is 8.21. The number of rotatable bonds is 4. The van der Waals surface area contributed by atoms with Crippen molar-refractivity contribution in [3.63, 3.8) is 0 Å². The average Bonchev–Trinajstić information content (AvgIpc) is 3.33. The fraction of sp³-hybridized carbons (Fsp3) is 0.750. The van der Waals surface area contributed by atoms with Crippen molar-refractivity contribution in [2.75, 3.05) is 13.7 Å². The van der Waals surface area contributed by atoms with Crippen LogP contribution in [-0.2, 0) is 38.1 Å². The van der Waals surface area contributed by atoms with Gasteiger partial charge in [-0.05, 0) is 25.5 Å². The molecular formula is C20H28O9. The number of esters is 3. The van der Waals surface area contributed by atoms with Crippen molar-refractivity contribution in [2.24, 2.45) is 11.8 Å². The number of carbonyl (C=O) groups is 3. The zero-order valence-corrected chi connectivity index (χ0v) is 17.2. The number of fused-ring (bicyclic) bond motifs is 2. The van der Waals surface area contributed by atoms with E-state index < -0.39 is 65.9 Å². The average molecular weight is 412 g/mol. The van der Waals surface area contributed by atoms with E-state index in [1.807, 2.05) is 0 Å². The van der Waals surface area contributed by atoms with E-state index in [1.165, 1.54) is 21.0 Å². The van der Waals surface area contributed by atoms with E-state index in [2.05, 4.69) is 0 Å². The van der Waals surface area contributed by atoms with E-state index in [9.17, 15) is 19.5 Å². The first kappa shape index (κ1) is 21.7. The SMILES string of the molecule is COCC1C(=O)O[C@@H]2/C=C(/C)[C@@H](OC(C)=O)[C@H]3O[C@@H]3[C@](C)(O)C[C@H](OC(C)=O)[C@@H]12. The van der Waals surface area contributed by atoms with Gasteiger partial charge in [-0.3, -0.25) is 14.4 Å². The first-order valence-electron chi connectivity index (χ1n) is 9.65. The van der Waals surface area contributed by atoms with E-state index in [0.717, 1.165) is 0 Å². The second-order valence-corrected chi connectivity index (χ2v) is 8.21. The summed E-state index contributed by atoms with van der Waals surface area (Å²) in [7, 11) is 1.47. The standard InChI is InChI=1S/C20H28O9/c1-9-6-13-15(12(8-25-5)19(23)28-13)14(26-10(2)21)7-20(4,24)18-17(29-18)16(9)27-11(3)22/h6,12-18,24H,7-8H2,1-5H3/b9-6-/t12?,13-,14+,15+,16-,17-,18+,20-/m1/s1. The highest BCUT2D eigenvalue weighted by Gasteiger charge is 2.60. The predicted octanol–water partition coefficient (Wildman–Crippen LogP) is 0.522. The lowest BCUT2D eigenvalue weighted by atomic mass is 9.78. The van der Waals surface area contributed by atoms with Gasteiger partial charge in [0.25, 0.3) is 0 Å². The van der Waals surface area contributed by atoms with Gasteiger partial charge in [-0.2, -0.15) is 0 Å². The van der Waals surface area contributed by atoms with Crippen LogP contribution in [0.25, 0.3) is 0 Å². The van der Waals surface area contributed by atoms with Crippen LogP contribution in [0.5, 0.6) is 0 Å². The third-order valence-corrected chi connectivity index (χ3v) is 5.71. The molecule has 2 heterocycles. The van der Waals surface area contributed by atoms with Gasteiger partial charge < -0.3 is 28.8 Å². The molecule has 1 aliphatic carbocycles. The lowest BCUT2D eigenvalue weighted by Gasteiger charge is -2.34. The molecule has 0 amide bonds. The summed E-state index contributed by atoms with van der Waals surface area (Å²) in [5.41, 5.74) is -0.748. The Morgan fingerprint density at radius 1 is 1.28 bits per heavy atom. The van der Waals surface area contributed by atoms with E-state index >= 15 is 0 Å². The number of carbonyl (C=O) groups excluding carboxylic acids is 3. The van der Waals surface area contributed by atoms with Crippen molar-refractivity contribution in [1.29, 1.82) is 0 Å². The van der Waals surface area contributed by atoms with Crippen LogP contribution in [0, 0.1) is 11.8 Å². The van der Waals surface area contributed by atoms with Crippen molar-refractivity contribution in [3.05, 3.63) is 11.6 Å². The molecule has 0 aromatic heterocycles. The van der Waals surface area contributed by atoms with Gasteiger partial charge in [0.05, 0.1) is 24.0 Å². The van der Waals surface area contributed by atoms with Gasteiger partial charge in [-0.25, -0.2) is 0 Å². The fourth-order valence-electron chi connectivity index (χ4n) is 4.46. The van der Waals surface area contributed by atoms with E-state index in [-0.39, 0.29) is 13.0 Å². The molecule has 3 rings (SSSR count). The van der Waals surface area contributed by atoms with Gasteiger partial charge >= 0.3 is 17.9 Å². The lowest BCUT2D eigenvalue weighted by Crippen LogP contribution is -2.46. The minimum absolute atomic E-state index is 0.0332. The van der Waals surface area contributed by atoms with Crippen LogP contribution in [0.2, 0.25) is 0 Å². The highest BCUT2D eigenvalue weighted by atomic mass is 16.6. The highest BCUT2D eigenvalue weighted by Crippen LogP contribution is 2.45. The highest BCUT2D eigenvalue weighted by molar-refractivity contribution is 5.76. The summed E-state index contributed by atoms with van der Waals surface area (Å²) >= 11 is 0. The number of ether oxygens (including phenoxy) is 5. The maximum atomic E-state index is 12.5. The molecule has 29 heavy (non-hydrogen) atoms. The molecule has 0 aromatic rings. The molecule has 1 N–H and O–H groups in total. The molecule has 3 aliphatic rings. The fourth-order valence-corrected chi connectivity index (χ4v) is 4.46. The first-order chi connectivity index (χ1) is 13.5. The quantitative estimate of drug-likeness (QED) is 0.305. The molecule has 0 spiro atoms. The molecule has 2 saturated heterocycles. The van der Waals surface area contributed by atoms with Crippen LogP contribution < -0.4 is 0 Å². The number of methoxy groups -OCH3 is 1. The minimum atomic E-state index is -1.38. The number of hydrogen-bond donors (Lipinski definition) is 1. The maximum absolute atomic E-state index is 12.5. The Labute approximate surface area is 169 Å². The zero-order chi connectivity index (χ0) is 21.5. The topological polar surface area (TPSA) is 121 Å². The summed E-state index contributed by atoms with van der Waals surface area (Å²) in [6.45, 7) is 5.99. The Hall–Kier alpha value is -1.97. The van der Waals surface area contributed by atoms with Gasteiger partial charge in [0.2, 0.25) is 0 Å². The van der Waals surface area contributed by atoms with Crippen molar-refractivity contribution in [1.82, 2.24) is 0 Å². The van der Waals surface area contributed by atoms with Crippen molar-refractivity contribution >= 4 is 17.9 Å². The van der Waals surface area contributed by atoms with Crippen LogP contribution in [0.15, 0.2) is 11.6 Å². The van der Waals surface area contributed by atoms with Gasteiger partial charge in [0.15, 0.2) is 6.10 Å². The summed E-state index contributed by atoms with van der Waals surface area (Å²) in [6, 6.07) is 0. The van der Waals surface area contributed by atoms with E-state index in [0.29, 0.717) is 5.57 Å². The molecular weight excluding hydrogens is 384 g/mol. The van der Waals surface area contributed by atoms with Crippen molar-refractivity contribution in [3.8, 4) is 0 Å². The summed E-state index contributed by atoms with van der Waals surface area (Å²) < 4.78 is 27.4. The molecule has 0 aromatic carbocycles. The Morgan fingerprint density at radius 2 is 1.93 bits per heavy atom. The molecule has 0 bridgehead atoms. The van der Waals surface area contributed by atoms with Gasteiger partial charge in [-0.1, -0.05) is 0 Å². The summed E-state index contributed by atoms with van der Waals surface area (Å²) in [5.74, 6) is -2.71. The van der Waals surface area contributed by atoms with Gasteiger partial charge in [-0.15, -0.1) is 0 Å². The largest absolute Gasteiger partial charge is 0.462 e. The normalized spacial score (nSPS) is 43.2. The van der Waals surface area contributed by atoms with Crippen LogP contribution in [0.3, 0.4) is 0 Å². The molecule has 9 nitrogen and oxygen atoms in total. The van der Waals surface area contributed by atoms with Crippen molar-refractivity contribution < 1.29 is 43.2 Å². The summed E-state index contributed by atoms with van der Waals surface area (Å²) in [5, 5.41) is 11.1. The Kier molecular flexibility index (Phi) is 6.03. The molecule has 2 aliphatic heterocycles. The van der Waals surface area contributed by atoms with Gasteiger partial charge in [0, 0.05) is 27.4 Å². The molecule has 2 fully saturated rings. The van der Waals surface area contributed by atoms with Crippen molar-refractivity contribution in [2.45, 2.75) is 70.2 Å². The third kappa shape index (κ3) is 4.46. The van der Waals surface area contributed by atoms with Crippen LogP contribution in [0.4, 0.5) is 0 Å². The lowest BCUT2D eigenvalue weighted by molar-refractivity contribution is -0.156. The Balaban J connectivity index is 2.05. The zero-order valence-electron chi connectivity index (χ0n) is 17.2. The molecule has 9 heteroatoms. The monoisotopic (exact) mass is 412 g/mol. The number of epoxide rings is 1. The minimum Gasteiger partial charge on any atom is -0.462 e.